The number of anilines is 1. The average molecular weight is 436 g/mol. The lowest BCUT2D eigenvalue weighted by atomic mass is 10.1. The van der Waals surface area contributed by atoms with Gasteiger partial charge < -0.3 is 10.1 Å². The highest BCUT2D eigenvalue weighted by Crippen LogP contribution is 2.24. The lowest BCUT2D eigenvalue weighted by Crippen LogP contribution is -2.20. The molecule has 1 amide bonds. The zero-order chi connectivity index (χ0) is 23.4. The van der Waals surface area contributed by atoms with E-state index in [0.29, 0.717) is 17.1 Å². The smallest absolute Gasteiger partial charge is 0.269 e. The molecule has 0 bridgehead atoms. The van der Waals surface area contributed by atoms with Crippen LogP contribution < -0.4 is 15.6 Å². The van der Waals surface area contributed by atoms with Crippen molar-refractivity contribution in [2.45, 2.75) is 13.8 Å². The largest absolute Gasteiger partial charge is 0.438 e. The minimum Gasteiger partial charge on any atom is -0.438 e. The predicted octanol–water partition coefficient (Wildman–Crippen LogP) is 4.65. The van der Waals surface area contributed by atoms with Crippen LogP contribution in [0.5, 0.6) is 11.6 Å². The van der Waals surface area contributed by atoms with Gasteiger partial charge in [0.05, 0.1) is 0 Å². The topological polar surface area (TPSA) is 96.5 Å². The molecule has 0 aliphatic heterocycles. The maximum Gasteiger partial charge on any atom is 0.269 e. The predicted molar refractivity (Wildman–Crippen MR) is 126 cm³/mol. The first kappa shape index (κ1) is 21.5. The van der Waals surface area contributed by atoms with Gasteiger partial charge in [0.25, 0.3) is 11.5 Å². The fraction of sp³-hybridized carbons (Fsp3) is 0.0769. The SMILES string of the molecule is Cc1ccc(Oc2nc3ccccn3c(=O)c2/C=C(/C#N)C(=O)Nc2cccc(C)c2)cc1. The summed E-state index contributed by atoms with van der Waals surface area (Å²) < 4.78 is 7.24. The normalized spacial score (nSPS) is 11.1. The molecule has 0 unspecified atom stereocenters. The van der Waals surface area contributed by atoms with Gasteiger partial charge in [-0.1, -0.05) is 35.9 Å². The Morgan fingerprint density at radius 1 is 1.06 bits per heavy atom. The molecule has 0 saturated carbocycles. The monoisotopic (exact) mass is 436 g/mol. The second-order valence-electron chi connectivity index (χ2n) is 7.47. The fourth-order valence-electron chi connectivity index (χ4n) is 3.22. The number of fused-ring (bicyclic) bond motifs is 1. The van der Waals surface area contributed by atoms with Crippen LogP contribution in [0.15, 0.2) is 83.3 Å². The summed E-state index contributed by atoms with van der Waals surface area (Å²) in [5.41, 5.74) is 2.22. The maximum absolute atomic E-state index is 13.2. The molecule has 0 aliphatic carbocycles. The minimum absolute atomic E-state index is 0.00443. The number of ether oxygens (including phenoxy) is 1. The molecule has 2 heterocycles. The van der Waals surface area contributed by atoms with Crippen LogP contribution >= 0.6 is 0 Å². The van der Waals surface area contributed by atoms with E-state index in [2.05, 4.69) is 10.3 Å². The van der Waals surface area contributed by atoms with Crippen molar-refractivity contribution in [2.75, 3.05) is 5.32 Å². The second kappa shape index (κ2) is 9.20. The van der Waals surface area contributed by atoms with Crippen LogP contribution in [0.2, 0.25) is 0 Å². The van der Waals surface area contributed by atoms with Crippen molar-refractivity contribution in [1.29, 1.82) is 5.26 Å². The van der Waals surface area contributed by atoms with Crippen molar-refractivity contribution >= 4 is 23.3 Å². The van der Waals surface area contributed by atoms with E-state index in [1.54, 1.807) is 54.7 Å². The number of nitriles is 1. The molecule has 4 rings (SSSR count). The number of carbonyl (C=O) groups excluding carboxylic acids is 1. The van der Waals surface area contributed by atoms with Gasteiger partial charge in [0.2, 0.25) is 5.88 Å². The molecule has 0 spiro atoms. The number of hydrogen-bond donors (Lipinski definition) is 1. The number of nitrogens with zero attached hydrogens (tertiary/aromatic N) is 3. The Labute approximate surface area is 190 Å². The average Bonchev–Trinajstić information content (AvgIpc) is 2.80. The van der Waals surface area contributed by atoms with Crippen molar-refractivity contribution in [2.24, 2.45) is 0 Å². The standard InChI is InChI=1S/C26H20N4O3/c1-17-9-11-21(12-10-17)33-25-22(26(32)30-13-4-3-8-23(30)29-25)15-19(16-27)24(31)28-20-7-5-6-18(2)14-20/h3-15H,1-2H3,(H,28,31)/b19-15-. The van der Waals surface area contributed by atoms with Crippen LogP contribution in [-0.4, -0.2) is 15.3 Å². The summed E-state index contributed by atoms with van der Waals surface area (Å²) in [5.74, 6) is -0.154. The van der Waals surface area contributed by atoms with Gasteiger partial charge in [-0.2, -0.15) is 10.2 Å². The molecule has 162 valence electrons. The number of hydrogen-bond acceptors (Lipinski definition) is 5. The highest BCUT2D eigenvalue weighted by Gasteiger charge is 2.17. The Morgan fingerprint density at radius 3 is 2.58 bits per heavy atom. The number of carbonyl (C=O) groups is 1. The summed E-state index contributed by atoms with van der Waals surface area (Å²) in [6.45, 7) is 3.84. The first-order chi connectivity index (χ1) is 15.9. The molecule has 0 atom stereocenters. The number of aromatic nitrogens is 2. The van der Waals surface area contributed by atoms with Crippen molar-refractivity contribution in [3.8, 4) is 17.7 Å². The van der Waals surface area contributed by atoms with Gasteiger partial charge in [0, 0.05) is 11.9 Å². The number of pyridine rings is 1. The van der Waals surface area contributed by atoms with Crippen molar-refractivity contribution in [1.82, 2.24) is 9.38 Å². The molecule has 0 radical (unpaired) electrons. The van der Waals surface area contributed by atoms with Crippen LogP contribution in [0.3, 0.4) is 0 Å². The number of aryl methyl sites for hydroxylation is 2. The number of amides is 1. The van der Waals surface area contributed by atoms with Gasteiger partial charge in [-0.05, 0) is 61.9 Å². The lowest BCUT2D eigenvalue weighted by Gasteiger charge is -2.11. The minimum atomic E-state index is -0.637. The molecule has 2 aromatic carbocycles. The van der Waals surface area contributed by atoms with E-state index in [1.165, 1.54) is 10.5 Å². The molecular formula is C26H20N4O3. The van der Waals surface area contributed by atoms with Gasteiger partial charge in [0.15, 0.2) is 0 Å². The Kier molecular flexibility index (Phi) is 6.00. The first-order valence-corrected chi connectivity index (χ1v) is 10.2. The van der Waals surface area contributed by atoms with E-state index < -0.39 is 11.5 Å². The summed E-state index contributed by atoms with van der Waals surface area (Å²) >= 11 is 0. The quantitative estimate of drug-likeness (QED) is 0.363. The third kappa shape index (κ3) is 4.81. The van der Waals surface area contributed by atoms with Gasteiger partial charge in [0.1, 0.15) is 28.6 Å². The van der Waals surface area contributed by atoms with Crippen molar-refractivity contribution < 1.29 is 9.53 Å². The van der Waals surface area contributed by atoms with E-state index in [4.69, 9.17) is 4.74 Å². The van der Waals surface area contributed by atoms with E-state index in [1.807, 2.05) is 38.1 Å². The summed E-state index contributed by atoms with van der Waals surface area (Å²) in [6, 6.07) is 21.4. The zero-order valence-electron chi connectivity index (χ0n) is 18.1. The molecule has 0 fully saturated rings. The molecule has 0 aliphatic rings. The van der Waals surface area contributed by atoms with E-state index in [9.17, 15) is 14.9 Å². The molecule has 1 N–H and O–H groups in total. The Bertz CT molecular complexity index is 1480. The van der Waals surface area contributed by atoms with Crippen LogP contribution in [-0.2, 0) is 4.79 Å². The summed E-state index contributed by atoms with van der Waals surface area (Å²) in [5, 5.41) is 12.3. The fourth-order valence-corrected chi connectivity index (χ4v) is 3.22. The van der Waals surface area contributed by atoms with E-state index >= 15 is 0 Å². The van der Waals surface area contributed by atoms with Crippen LogP contribution in [0.25, 0.3) is 11.7 Å². The highest BCUT2D eigenvalue weighted by molar-refractivity contribution is 6.09. The third-order valence-electron chi connectivity index (χ3n) is 4.90. The Balaban J connectivity index is 1.79. The first-order valence-electron chi connectivity index (χ1n) is 10.2. The highest BCUT2D eigenvalue weighted by atomic mass is 16.5. The number of nitrogens with one attached hydrogen (secondary N) is 1. The molecule has 2 aromatic heterocycles. The molecule has 33 heavy (non-hydrogen) atoms. The van der Waals surface area contributed by atoms with Crippen molar-refractivity contribution in [3.05, 3.63) is 106 Å². The van der Waals surface area contributed by atoms with Crippen LogP contribution in [0.1, 0.15) is 16.7 Å². The third-order valence-corrected chi connectivity index (χ3v) is 4.90. The van der Waals surface area contributed by atoms with E-state index in [0.717, 1.165) is 11.1 Å². The molecule has 4 aromatic rings. The summed E-state index contributed by atoms with van der Waals surface area (Å²) in [6.07, 6.45) is 2.78. The van der Waals surface area contributed by atoms with Gasteiger partial charge in [-0.15, -0.1) is 0 Å². The number of rotatable bonds is 5. The lowest BCUT2D eigenvalue weighted by molar-refractivity contribution is -0.112. The van der Waals surface area contributed by atoms with Gasteiger partial charge in [-0.3, -0.25) is 14.0 Å². The Hall–Kier alpha value is -4.70. The molecular weight excluding hydrogens is 416 g/mol. The molecule has 7 nitrogen and oxygen atoms in total. The van der Waals surface area contributed by atoms with Crippen LogP contribution in [0.4, 0.5) is 5.69 Å². The maximum atomic E-state index is 13.2. The van der Waals surface area contributed by atoms with Crippen LogP contribution in [0, 0.1) is 25.2 Å². The summed E-state index contributed by atoms with van der Waals surface area (Å²) in [4.78, 5) is 30.4. The molecule has 0 saturated heterocycles. The van der Waals surface area contributed by atoms with Gasteiger partial charge in [-0.25, -0.2) is 0 Å². The van der Waals surface area contributed by atoms with Gasteiger partial charge >= 0.3 is 0 Å². The molecule has 7 heteroatoms. The second-order valence-corrected chi connectivity index (χ2v) is 7.47. The zero-order valence-corrected chi connectivity index (χ0v) is 18.1. The number of benzene rings is 2. The Morgan fingerprint density at radius 2 is 1.85 bits per heavy atom. The van der Waals surface area contributed by atoms with E-state index in [-0.39, 0.29) is 17.0 Å². The van der Waals surface area contributed by atoms with Crippen molar-refractivity contribution in [3.63, 3.8) is 0 Å². The summed E-state index contributed by atoms with van der Waals surface area (Å²) in [7, 11) is 0.